The van der Waals surface area contributed by atoms with Gasteiger partial charge in [-0.15, -0.1) is 0 Å². The van der Waals surface area contributed by atoms with Gasteiger partial charge in [0.15, 0.2) is 23.3 Å². The van der Waals surface area contributed by atoms with Crippen LogP contribution in [0.1, 0.15) is 5.56 Å². The normalized spacial score (nSPS) is 10.7. The average Bonchev–Trinajstić information content (AvgIpc) is 2.87. The highest BCUT2D eigenvalue weighted by Crippen LogP contribution is 2.27. The molecule has 0 amide bonds. The van der Waals surface area contributed by atoms with Crippen LogP contribution >= 0.6 is 0 Å². The van der Waals surface area contributed by atoms with Gasteiger partial charge in [0.05, 0.1) is 0 Å². The van der Waals surface area contributed by atoms with Crippen molar-refractivity contribution in [3.8, 4) is 0 Å². The number of H-pyrrole nitrogens is 1. The van der Waals surface area contributed by atoms with E-state index in [0.717, 1.165) is 0 Å². The quantitative estimate of drug-likeness (QED) is 0.495. The molecule has 1 aromatic carbocycles. The van der Waals surface area contributed by atoms with Gasteiger partial charge in [-0.25, -0.2) is 22.0 Å². The number of hydrogen-bond donors (Lipinski definition) is 2. The summed E-state index contributed by atoms with van der Waals surface area (Å²) in [6.07, 6.45) is 3.09. The first-order chi connectivity index (χ1) is 8.52. The van der Waals surface area contributed by atoms with Crippen LogP contribution < -0.4 is 5.32 Å². The monoisotopic (exact) mass is 262 g/mol. The summed E-state index contributed by atoms with van der Waals surface area (Å²) in [6, 6.07) is 1.60. The Kier molecular flexibility index (Phi) is 3.22. The van der Waals surface area contributed by atoms with E-state index in [-0.39, 0.29) is 6.54 Å². The molecule has 0 aliphatic rings. The summed E-state index contributed by atoms with van der Waals surface area (Å²) in [5.74, 6) is -9.85. The zero-order valence-electron chi connectivity index (χ0n) is 8.83. The number of halogens is 5. The van der Waals surface area contributed by atoms with Gasteiger partial charge in [0.1, 0.15) is 5.69 Å². The molecular formula is C11H7F5N2. The minimum absolute atomic E-state index is 0.0676. The number of benzene rings is 1. The Balaban J connectivity index is 2.33. The molecule has 2 rings (SSSR count). The third-order valence-electron chi connectivity index (χ3n) is 2.34. The van der Waals surface area contributed by atoms with Gasteiger partial charge in [-0.1, -0.05) is 0 Å². The van der Waals surface area contributed by atoms with Crippen LogP contribution in [0.25, 0.3) is 0 Å². The molecule has 1 heterocycles. The maximum absolute atomic E-state index is 13.2. The molecule has 18 heavy (non-hydrogen) atoms. The number of aromatic nitrogens is 1. The lowest BCUT2D eigenvalue weighted by molar-refractivity contribution is 0.381. The van der Waals surface area contributed by atoms with Gasteiger partial charge in [0.2, 0.25) is 5.82 Å². The van der Waals surface area contributed by atoms with Gasteiger partial charge in [-0.2, -0.15) is 0 Å². The molecule has 0 bridgehead atoms. The second-order valence-electron chi connectivity index (χ2n) is 3.52. The molecule has 0 aliphatic heterocycles. The first-order valence-electron chi connectivity index (χ1n) is 4.89. The predicted octanol–water partition coefficient (Wildman–Crippen LogP) is 3.32. The second kappa shape index (κ2) is 4.67. The SMILES string of the molecule is Fc1c(F)c(F)c(NCc2cc[nH]c2)c(F)c1F. The van der Waals surface area contributed by atoms with E-state index >= 15 is 0 Å². The van der Waals surface area contributed by atoms with E-state index in [1.54, 1.807) is 12.3 Å². The van der Waals surface area contributed by atoms with Crippen LogP contribution in [0.2, 0.25) is 0 Å². The molecule has 96 valence electrons. The van der Waals surface area contributed by atoms with Gasteiger partial charge in [-0.05, 0) is 11.6 Å². The molecule has 0 atom stereocenters. The van der Waals surface area contributed by atoms with Crippen LogP contribution in [-0.2, 0) is 6.54 Å². The fraction of sp³-hybridized carbons (Fsp3) is 0.0909. The maximum Gasteiger partial charge on any atom is 0.200 e. The number of nitrogens with one attached hydrogen (secondary N) is 2. The smallest absolute Gasteiger partial charge is 0.200 e. The molecular weight excluding hydrogens is 255 g/mol. The van der Waals surface area contributed by atoms with Crippen LogP contribution in [0.5, 0.6) is 0 Å². The van der Waals surface area contributed by atoms with Crippen molar-refractivity contribution in [2.24, 2.45) is 0 Å². The van der Waals surface area contributed by atoms with E-state index in [9.17, 15) is 22.0 Å². The first kappa shape index (κ1) is 12.4. The molecule has 2 N–H and O–H groups in total. The van der Waals surface area contributed by atoms with Crippen LogP contribution in [0.15, 0.2) is 18.5 Å². The van der Waals surface area contributed by atoms with Crippen molar-refractivity contribution in [3.63, 3.8) is 0 Å². The molecule has 0 saturated carbocycles. The Hall–Kier alpha value is -2.05. The average molecular weight is 262 g/mol. The fourth-order valence-corrected chi connectivity index (χ4v) is 1.42. The summed E-state index contributed by atoms with van der Waals surface area (Å²) in [5.41, 5.74) is -0.424. The molecule has 0 unspecified atom stereocenters. The fourth-order valence-electron chi connectivity index (χ4n) is 1.42. The van der Waals surface area contributed by atoms with E-state index in [4.69, 9.17) is 0 Å². The second-order valence-corrected chi connectivity index (χ2v) is 3.52. The molecule has 2 aromatic rings. The Labute approximate surface area is 98.4 Å². The first-order valence-corrected chi connectivity index (χ1v) is 4.89. The van der Waals surface area contributed by atoms with E-state index in [1.807, 2.05) is 0 Å². The van der Waals surface area contributed by atoms with E-state index in [1.165, 1.54) is 6.20 Å². The molecule has 0 aliphatic carbocycles. The largest absolute Gasteiger partial charge is 0.376 e. The van der Waals surface area contributed by atoms with Crippen molar-refractivity contribution in [1.82, 2.24) is 4.98 Å². The molecule has 7 heteroatoms. The summed E-state index contributed by atoms with van der Waals surface area (Å²) in [4.78, 5) is 2.69. The zero-order chi connectivity index (χ0) is 13.3. The van der Waals surface area contributed by atoms with Crippen LogP contribution in [0.3, 0.4) is 0 Å². The van der Waals surface area contributed by atoms with Crippen molar-refractivity contribution in [1.29, 1.82) is 0 Å². The molecule has 0 saturated heterocycles. The van der Waals surface area contributed by atoms with Crippen LogP contribution in [0, 0.1) is 29.1 Å². The Bertz CT molecular complexity index is 536. The van der Waals surface area contributed by atoms with E-state index in [2.05, 4.69) is 10.3 Å². The minimum atomic E-state index is -2.17. The molecule has 1 aromatic heterocycles. The lowest BCUT2D eigenvalue weighted by Gasteiger charge is -2.09. The number of aromatic amines is 1. The zero-order valence-corrected chi connectivity index (χ0v) is 8.83. The van der Waals surface area contributed by atoms with Crippen molar-refractivity contribution in [2.45, 2.75) is 6.54 Å². The predicted molar refractivity (Wildman–Crippen MR) is 54.4 cm³/mol. The van der Waals surface area contributed by atoms with Crippen molar-refractivity contribution >= 4 is 5.69 Å². The molecule has 0 spiro atoms. The van der Waals surface area contributed by atoms with Crippen molar-refractivity contribution in [2.75, 3.05) is 5.32 Å². The van der Waals surface area contributed by atoms with Gasteiger partial charge in [0, 0.05) is 18.9 Å². The van der Waals surface area contributed by atoms with Gasteiger partial charge < -0.3 is 10.3 Å². The van der Waals surface area contributed by atoms with Gasteiger partial charge >= 0.3 is 0 Å². The minimum Gasteiger partial charge on any atom is -0.376 e. The Morgan fingerprint density at radius 1 is 0.889 bits per heavy atom. The number of anilines is 1. The highest BCUT2D eigenvalue weighted by Gasteiger charge is 2.25. The third-order valence-corrected chi connectivity index (χ3v) is 2.34. The summed E-state index contributed by atoms with van der Waals surface area (Å²) in [7, 11) is 0. The Morgan fingerprint density at radius 2 is 1.44 bits per heavy atom. The highest BCUT2D eigenvalue weighted by molar-refractivity contribution is 5.48. The van der Waals surface area contributed by atoms with Crippen molar-refractivity contribution in [3.05, 3.63) is 53.1 Å². The highest BCUT2D eigenvalue weighted by atomic mass is 19.2. The molecule has 0 fully saturated rings. The number of rotatable bonds is 3. The van der Waals surface area contributed by atoms with Crippen molar-refractivity contribution < 1.29 is 22.0 Å². The van der Waals surface area contributed by atoms with E-state index < -0.39 is 34.8 Å². The lowest BCUT2D eigenvalue weighted by Crippen LogP contribution is -2.09. The summed E-state index contributed by atoms with van der Waals surface area (Å²) < 4.78 is 65.0. The Morgan fingerprint density at radius 3 is 1.94 bits per heavy atom. The van der Waals surface area contributed by atoms with Crippen LogP contribution in [0.4, 0.5) is 27.6 Å². The maximum atomic E-state index is 13.2. The number of hydrogen-bond acceptors (Lipinski definition) is 1. The third kappa shape index (κ3) is 2.03. The summed E-state index contributed by atoms with van der Waals surface area (Å²) >= 11 is 0. The summed E-state index contributed by atoms with van der Waals surface area (Å²) in [6.45, 7) is -0.0676. The lowest BCUT2D eigenvalue weighted by atomic mass is 10.2. The van der Waals surface area contributed by atoms with Gasteiger partial charge in [-0.3, -0.25) is 0 Å². The molecule has 0 radical (unpaired) electrons. The molecule has 2 nitrogen and oxygen atoms in total. The standard InChI is InChI=1S/C11H7F5N2/c12-6-7(13)9(15)11(10(16)8(6)14)18-4-5-1-2-17-3-5/h1-3,17-18H,4H2. The van der Waals surface area contributed by atoms with E-state index in [0.29, 0.717) is 5.56 Å². The van der Waals surface area contributed by atoms with Gasteiger partial charge in [0.25, 0.3) is 0 Å². The van der Waals surface area contributed by atoms with Crippen LogP contribution in [-0.4, -0.2) is 4.98 Å². The summed E-state index contributed by atoms with van der Waals surface area (Å²) in [5, 5.41) is 2.18. The topological polar surface area (TPSA) is 27.8 Å².